The van der Waals surface area contributed by atoms with Crippen molar-refractivity contribution in [2.45, 2.75) is 32.1 Å². The summed E-state index contributed by atoms with van der Waals surface area (Å²) in [6.45, 7) is 8.39. The molecular formula is C24H23N4O4S+. The summed E-state index contributed by atoms with van der Waals surface area (Å²) in [5, 5.41) is 5.08. The molecule has 0 bridgehead atoms. The summed E-state index contributed by atoms with van der Waals surface area (Å²) in [5.74, 6) is 0.105. The molecule has 1 aromatic heterocycles. The molecule has 0 saturated heterocycles. The van der Waals surface area contributed by atoms with E-state index < -0.39 is 12.1 Å². The van der Waals surface area contributed by atoms with Gasteiger partial charge in [-0.15, -0.1) is 6.58 Å². The van der Waals surface area contributed by atoms with Gasteiger partial charge in [0.2, 0.25) is 11.1 Å². The second-order valence-corrected chi connectivity index (χ2v) is 8.58. The number of benzene rings is 2. The van der Waals surface area contributed by atoms with Gasteiger partial charge in [0, 0.05) is 24.7 Å². The molecule has 1 aliphatic heterocycles. The fourth-order valence-electron chi connectivity index (χ4n) is 3.91. The van der Waals surface area contributed by atoms with Crippen molar-refractivity contribution in [1.29, 1.82) is 0 Å². The van der Waals surface area contributed by atoms with Crippen LogP contribution in [0.5, 0.6) is 5.75 Å². The fourth-order valence-corrected chi connectivity index (χ4v) is 4.50. The summed E-state index contributed by atoms with van der Waals surface area (Å²) >= 11 is 1.32. The Balaban J connectivity index is 2.07. The van der Waals surface area contributed by atoms with Crippen molar-refractivity contribution in [1.82, 2.24) is 10.1 Å². The Hall–Kier alpha value is -3.72. The van der Waals surface area contributed by atoms with Crippen LogP contribution in [-0.2, 0) is 9.59 Å². The van der Waals surface area contributed by atoms with Crippen LogP contribution in [0.4, 0.5) is 5.69 Å². The highest BCUT2D eigenvalue weighted by Crippen LogP contribution is 2.39. The molecule has 8 nitrogen and oxygen atoms in total. The Morgan fingerprint density at radius 1 is 1.27 bits per heavy atom. The van der Waals surface area contributed by atoms with Crippen LogP contribution in [-0.4, -0.2) is 27.7 Å². The van der Waals surface area contributed by atoms with Gasteiger partial charge in [-0.3, -0.25) is 19.4 Å². The average molecular weight is 464 g/mol. The van der Waals surface area contributed by atoms with Crippen molar-refractivity contribution in [3.8, 4) is 17.0 Å². The molecule has 0 spiro atoms. The maximum Gasteiger partial charge on any atom is 0.325 e. The number of fused-ring (bicyclic) bond motifs is 3. The second-order valence-electron chi connectivity index (χ2n) is 7.57. The molecule has 0 radical (unpaired) electrons. The largest absolute Gasteiger partial charge is 0.426 e. The van der Waals surface area contributed by atoms with Crippen LogP contribution < -0.4 is 19.9 Å². The maximum absolute atomic E-state index is 13.2. The maximum atomic E-state index is 13.2. The molecule has 2 heterocycles. The molecular weight excluding hydrogens is 440 g/mol. The average Bonchev–Trinajstić information content (AvgIpc) is 2.77. The van der Waals surface area contributed by atoms with Gasteiger partial charge in [-0.2, -0.15) is 0 Å². The molecule has 2 aromatic carbocycles. The van der Waals surface area contributed by atoms with Gasteiger partial charge in [0.15, 0.2) is 0 Å². The van der Waals surface area contributed by atoms with Crippen molar-refractivity contribution in [2.24, 2.45) is 0 Å². The SMILES string of the molecule is C=CCSc1n[n+]2c(c(=O)[nH]1)-c1ccccc1N(C(C)=O)[C@H]2c1cc(C)ccc1OC(C)=O. The third-order valence-electron chi connectivity index (χ3n) is 5.13. The summed E-state index contributed by atoms with van der Waals surface area (Å²) in [4.78, 5) is 42.5. The molecule has 1 N–H and O–H groups in total. The molecule has 1 atom stereocenters. The number of nitrogens with one attached hydrogen (secondary N) is 1. The number of carbonyl (C=O) groups is 2. The third-order valence-corrected chi connectivity index (χ3v) is 5.99. The summed E-state index contributed by atoms with van der Waals surface area (Å²) in [5.41, 5.74) is 2.57. The van der Waals surface area contributed by atoms with Crippen molar-refractivity contribution in [2.75, 3.05) is 10.7 Å². The standard InChI is InChI=1S/C24H22N4O4S/c1-5-12-33-24-25-22(31)21-17-8-6-7-9-19(17)27(15(3)29)23(28(21)26-24)18-13-14(2)10-11-20(18)32-16(4)30/h5-11,13,23H,1,12H2,2-4H3/p+1/t23-/m1/s1. The van der Waals surface area contributed by atoms with E-state index in [0.29, 0.717) is 39.2 Å². The van der Waals surface area contributed by atoms with E-state index in [1.807, 2.05) is 19.1 Å². The van der Waals surface area contributed by atoms with Gasteiger partial charge >= 0.3 is 17.2 Å². The topological polar surface area (TPSA) is 96.2 Å². The number of nitrogens with zero attached hydrogens (tertiary/aromatic N) is 3. The number of aryl methyl sites for hydroxylation is 1. The Morgan fingerprint density at radius 3 is 2.73 bits per heavy atom. The first kappa shape index (κ1) is 22.5. The molecule has 168 valence electrons. The third kappa shape index (κ3) is 4.19. The second kappa shape index (κ2) is 9.03. The summed E-state index contributed by atoms with van der Waals surface area (Å²) in [6.07, 6.45) is 0.870. The van der Waals surface area contributed by atoms with Crippen molar-refractivity contribution >= 4 is 29.3 Å². The quantitative estimate of drug-likeness (QED) is 0.205. The van der Waals surface area contributed by atoms with Crippen LogP contribution in [0.1, 0.15) is 31.1 Å². The van der Waals surface area contributed by atoms with Crippen LogP contribution in [0.3, 0.4) is 0 Å². The van der Waals surface area contributed by atoms with E-state index in [4.69, 9.17) is 9.84 Å². The van der Waals surface area contributed by atoms with Gasteiger partial charge in [-0.1, -0.05) is 41.6 Å². The van der Waals surface area contributed by atoms with Gasteiger partial charge < -0.3 is 4.74 Å². The zero-order valence-electron chi connectivity index (χ0n) is 18.5. The highest BCUT2D eigenvalue weighted by Gasteiger charge is 2.46. The van der Waals surface area contributed by atoms with E-state index in [1.165, 1.54) is 30.3 Å². The highest BCUT2D eigenvalue weighted by atomic mass is 32.2. The number of aromatic amines is 1. The zero-order chi connectivity index (χ0) is 23.7. The summed E-state index contributed by atoms with van der Waals surface area (Å²) in [7, 11) is 0. The van der Waals surface area contributed by atoms with Gasteiger partial charge in [0.1, 0.15) is 5.75 Å². The number of rotatable bonds is 5. The van der Waals surface area contributed by atoms with Crippen LogP contribution in [0.15, 0.2) is 65.1 Å². The molecule has 4 rings (SSSR count). The predicted molar refractivity (Wildman–Crippen MR) is 125 cm³/mol. The van der Waals surface area contributed by atoms with Gasteiger partial charge in [0.05, 0.1) is 16.8 Å². The number of ether oxygens (including phenoxy) is 1. The minimum absolute atomic E-state index is 0.247. The van der Waals surface area contributed by atoms with E-state index in [1.54, 1.807) is 41.3 Å². The number of aromatic nitrogens is 3. The van der Waals surface area contributed by atoms with Crippen molar-refractivity contribution in [3.05, 3.63) is 76.6 Å². The zero-order valence-corrected chi connectivity index (χ0v) is 19.3. The molecule has 0 unspecified atom stereocenters. The lowest BCUT2D eigenvalue weighted by Gasteiger charge is -2.32. The number of thioether (sulfide) groups is 1. The van der Waals surface area contributed by atoms with Crippen LogP contribution in [0.2, 0.25) is 0 Å². The molecule has 0 saturated carbocycles. The molecule has 1 amide bonds. The van der Waals surface area contributed by atoms with Crippen molar-refractivity contribution in [3.63, 3.8) is 0 Å². The number of esters is 1. The Labute approximate surface area is 194 Å². The number of hydrogen-bond donors (Lipinski definition) is 1. The minimum atomic E-state index is -0.841. The minimum Gasteiger partial charge on any atom is -0.426 e. The van der Waals surface area contributed by atoms with Crippen molar-refractivity contribution < 1.29 is 19.0 Å². The van der Waals surface area contributed by atoms with E-state index >= 15 is 0 Å². The van der Waals surface area contributed by atoms with E-state index in [-0.39, 0.29) is 11.5 Å². The number of H-pyrrole nitrogens is 1. The van der Waals surface area contributed by atoms with E-state index in [9.17, 15) is 14.4 Å². The first-order valence-corrected chi connectivity index (χ1v) is 11.3. The van der Waals surface area contributed by atoms with Gasteiger partial charge in [-0.25, -0.2) is 4.90 Å². The summed E-state index contributed by atoms with van der Waals surface area (Å²) < 4.78 is 7.03. The number of amides is 1. The fraction of sp³-hybridized carbons (Fsp3) is 0.208. The van der Waals surface area contributed by atoms with Crippen LogP contribution >= 0.6 is 11.8 Å². The van der Waals surface area contributed by atoms with E-state index in [0.717, 1.165) is 5.56 Å². The number of anilines is 1. The lowest BCUT2D eigenvalue weighted by molar-refractivity contribution is -0.763. The number of hydrogen-bond acceptors (Lipinski definition) is 6. The highest BCUT2D eigenvalue weighted by molar-refractivity contribution is 7.99. The lowest BCUT2D eigenvalue weighted by Crippen LogP contribution is -2.60. The Morgan fingerprint density at radius 2 is 2.03 bits per heavy atom. The Bertz CT molecular complexity index is 1330. The normalized spacial score (nSPS) is 14.3. The predicted octanol–water partition coefficient (Wildman–Crippen LogP) is 3.15. The van der Waals surface area contributed by atoms with Gasteiger partial charge in [-0.05, 0) is 35.9 Å². The molecule has 0 fully saturated rings. The Kier molecular flexibility index (Phi) is 6.15. The first-order valence-electron chi connectivity index (χ1n) is 10.3. The monoisotopic (exact) mass is 463 g/mol. The first-order chi connectivity index (χ1) is 15.8. The smallest absolute Gasteiger partial charge is 0.325 e. The number of para-hydroxylation sites is 1. The molecule has 0 aliphatic carbocycles. The molecule has 3 aromatic rings. The lowest BCUT2D eigenvalue weighted by atomic mass is 10.00. The molecule has 9 heteroatoms. The molecule has 1 aliphatic rings. The van der Waals surface area contributed by atoms with Crippen LogP contribution in [0.25, 0.3) is 11.3 Å². The van der Waals surface area contributed by atoms with E-state index in [2.05, 4.69) is 11.6 Å². The summed E-state index contributed by atoms with van der Waals surface area (Å²) in [6, 6.07) is 12.5. The number of carbonyl (C=O) groups excluding carboxylic acids is 2. The van der Waals surface area contributed by atoms with Crippen LogP contribution in [0, 0.1) is 6.92 Å². The van der Waals surface area contributed by atoms with Gasteiger partial charge in [0.25, 0.3) is 6.17 Å². The molecule has 33 heavy (non-hydrogen) atoms.